The Morgan fingerprint density at radius 1 is 1.31 bits per heavy atom. The zero-order valence-corrected chi connectivity index (χ0v) is 9.64. The van der Waals surface area contributed by atoms with Crippen molar-refractivity contribution < 1.29 is 13.2 Å². The van der Waals surface area contributed by atoms with Crippen LogP contribution in [0, 0.1) is 17.2 Å². The molecule has 0 saturated heterocycles. The van der Waals surface area contributed by atoms with Crippen LogP contribution in [0.25, 0.3) is 0 Å². The van der Waals surface area contributed by atoms with Gasteiger partial charge < -0.3 is 10.2 Å². The first-order chi connectivity index (χ1) is 7.38. The Bertz CT molecular complexity index is 220. The van der Waals surface area contributed by atoms with Gasteiger partial charge in [0.05, 0.1) is 6.07 Å². The average Bonchev–Trinajstić information content (AvgIpc) is 2.14. The van der Waals surface area contributed by atoms with Crippen molar-refractivity contribution in [2.75, 3.05) is 33.7 Å². The summed E-state index contributed by atoms with van der Waals surface area (Å²) in [6, 6.07) is 1.26. The second kappa shape index (κ2) is 7.47. The van der Waals surface area contributed by atoms with Crippen LogP contribution in [0.1, 0.15) is 12.8 Å². The van der Waals surface area contributed by atoms with Crippen LogP contribution in [-0.2, 0) is 0 Å². The first-order valence-corrected chi connectivity index (χ1v) is 5.19. The van der Waals surface area contributed by atoms with Crippen molar-refractivity contribution in [2.45, 2.75) is 19.0 Å². The smallest absolute Gasteiger partial charge is 0.315 e. The highest BCUT2D eigenvalue weighted by Gasteiger charge is 2.39. The van der Waals surface area contributed by atoms with Crippen LogP contribution in [0.3, 0.4) is 0 Å². The molecular formula is C10H18F3N3. The van der Waals surface area contributed by atoms with Gasteiger partial charge in [-0.1, -0.05) is 0 Å². The second-order valence-corrected chi connectivity index (χ2v) is 3.94. The van der Waals surface area contributed by atoms with Crippen molar-refractivity contribution >= 4 is 0 Å². The summed E-state index contributed by atoms with van der Waals surface area (Å²) >= 11 is 0. The summed E-state index contributed by atoms with van der Waals surface area (Å²) < 4.78 is 36.4. The van der Waals surface area contributed by atoms with E-state index >= 15 is 0 Å². The fourth-order valence-corrected chi connectivity index (χ4v) is 1.16. The third kappa shape index (κ3) is 7.49. The number of nitrogens with one attached hydrogen (secondary N) is 1. The van der Waals surface area contributed by atoms with Gasteiger partial charge in [-0.15, -0.1) is 0 Å². The highest BCUT2D eigenvalue weighted by Crippen LogP contribution is 2.24. The lowest BCUT2D eigenvalue weighted by Crippen LogP contribution is -2.33. The van der Waals surface area contributed by atoms with Gasteiger partial charge >= 0.3 is 6.18 Å². The zero-order chi connectivity index (χ0) is 12.6. The summed E-state index contributed by atoms with van der Waals surface area (Å²) in [6.07, 6.45) is -2.68. The molecule has 0 aliphatic rings. The van der Waals surface area contributed by atoms with Gasteiger partial charge in [-0.2, -0.15) is 18.4 Å². The largest absolute Gasteiger partial charge is 0.405 e. The molecule has 6 heteroatoms. The van der Waals surface area contributed by atoms with Gasteiger partial charge in [0.1, 0.15) is 0 Å². The average molecular weight is 237 g/mol. The first kappa shape index (κ1) is 15.2. The lowest BCUT2D eigenvalue weighted by Gasteiger charge is -2.14. The number of hydrogen-bond donors (Lipinski definition) is 1. The Hall–Kier alpha value is -0.800. The van der Waals surface area contributed by atoms with Crippen molar-refractivity contribution in [3.05, 3.63) is 0 Å². The quantitative estimate of drug-likeness (QED) is 0.684. The fraction of sp³-hybridized carbons (Fsp3) is 0.900. The van der Waals surface area contributed by atoms with Crippen LogP contribution in [0.5, 0.6) is 0 Å². The minimum Gasteiger partial charge on any atom is -0.315 e. The molecule has 0 bridgehead atoms. The third-order valence-electron chi connectivity index (χ3n) is 2.11. The molecule has 0 radical (unpaired) electrons. The molecule has 0 aromatic heterocycles. The number of halogens is 3. The molecule has 0 aliphatic heterocycles. The van der Waals surface area contributed by atoms with E-state index in [1.165, 1.54) is 6.07 Å². The van der Waals surface area contributed by atoms with Crippen LogP contribution >= 0.6 is 0 Å². The Morgan fingerprint density at radius 2 is 1.94 bits per heavy atom. The molecule has 1 atom stereocenters. The molecule has 0 aromatic rings. The molecule has 0 amide bonds. The van der Waals surface area contributed by atoms with E-state index in [2.05, 4.69) is 5.32 Å². The third-order valence-corrected chi connectivity index (χ3v) is 2.11. The van der Waals surface area contributed by atoms with Crippen LogP contribution in [0.2, 0.25) is 0 Å². The predicted molar refractivity (Wildman–Crippen MR) is 55.8 cm³/mol. The number of nitrogens with zero attached hydrogens (tertiary/aromatic N) is 2. The molecule has 0 fully saturated rings. The number of unbranched alkanes of at least 4 members (excludes halogenated alkanes) is 1. The Kier molecular flexibility index (Phi) is 7.10. The zero-order valence-electron chi connectivity index (χ0n) is 9.64. The van der Waals surface area contributed by atoms with E-state index < -0.39 is 12.1 Å². The summed E-state index contributed by atoms with van der Waals surface area (Å²) in [5.74, 6) is -1.90. The maximum absolute atomic E-state index is 12.1. The van der Waals surface area contributed by atoms with Gasteiger partial charge in [0.15, 0.2) is 5.92 Å². The minimum atomic E-state index is -4.43. The summed E-state index contributed by atoms with van der Waals surface area (Å²) in [5.41, 5.74) is 0. The summed E-state index contributed by atoms with van der Waals surface area (Å²) in [7, 11) is 3.89. The summed E-state index contributed by atoms with van der Waals surface area (Å²) in [4.78, 5) is 2.02. The first-order valence-electron chi connectivity index (χ1n) is 5.19. The standard InChI is InChI=1S/C10H18F3N3/c1-16(2)6-4-3-5-15-8-9(7-14)10(11,12)13/h9,15H,3-6,8H2,1-2H3. The van der Waals surface area contributed by atoms with Gasteiger partial charge in [0.2, 0.25) is 0 Å². The van der Waals surface area contributed by atoms with Crippen molar-refractivity contribution in [1.82, 2.24) is 10.2 Å². The molecule has 1 N–H and O–H groups in total. The molecular weight excluding hydrogens is 219 g/mol. The maximum Gasteiger partial charge on any atom is 0.405 e. The highest BCUT2D eigenvalue weighted by atomic mass is 19.4. The summed E-state index contributed by atoms with van der Waals surface area (Å²) in [5, 5.41) is 11.0. The monoisotopic (exact) mass is 237 g/mol. The Labute approximate surface area is 94.2 Å². The van der Waals surface area contributed by atoms with E-state index in [4.69, 9.17) is 5.26 Å². The molecule has 0 aromatic carbocycles. The van der Waals surface area contributed by atoms with Gasteiger partial charge in [-0.25, -0.2) is 0 Å². The van der Waals surface area contributed by atoms with Gasteiger partial charge in [-0.3, -0.25) is 0 Å². The molecule has 0 spiro atoms. The van der Waals surface area contributed by atoms with Crippen LogP contribution < -0.4 is 5.32 Å². The van der Waals surface area contributed by atoms with Crippen molar-refractivity contribution in [3.8, 4) is 6.07 Å². The van der Waals surface area contributed by atoms with E-state index in [0.717, 1.165) is 19.4 Å². The predicted octanol–water partition coefficient (Wildman–Crippen LogP) is 1.62. The fourth-order valence-electron chi connectivity index (χ4n) is 1.16. The molecule has 0 heterocycles. The SMILES string of the molecule is CN(C)CCCCNCC(C#N)C(F)(F)F. The van der Waals surface area contributed by atoms with E-state index in [9.17, 15) is 13.2 Å². The summed E-state index contributed by atoms with van der Waals surface area (Å²) in [6.45, 7) is 1.12. The van der Waals surface area contributed by atoms with Gasteiger partial charge in [0, 0.05) is 6.54 Å². The highest BCUT2D eigenvalue weighted by molar-refractivity contribution is 4.89. The van der Waals surface area contributed by atoms with Crippen LogP contribution in [0.15, 0.2) is 0 Å². The number of nitriles is 1. The molecule has 0 aliphatic carbocycles. The number of hydrogen-bond acceptors (Lipinski definition) is 3. The minimum absolute atomic E-state index is 0.317. The molecule has 1 unspecified atom stereocenters. The molecule has 0 saturated carbocycles. The Morgan fingerprint density at radius 3 is 2.38 bits per heavy atom. The van der Waals surface area contributed by atoms with E-state index in [0.29, 0.717) is 6.54 Å². The van der Waals surface area contributed by atoms with E-state index in [-0.39, 0.29) is 6.54 Å². The topological polar surface area (TPSA) is 39.1 Å². The van der Waals surface area contributed by atoms with Crippen LogP contribution in [-0.4, -0.2) is 44.8 Å². The Balaban J connectivity index is 3.55. The van der Waals surface area contributed by atoms with Crippen molar-refractivity contribution in [1.29, 1.82) is 5.26 Å². The number of alkyl halides is 3. The van der Waals surface area contributed by atoms with Crippen molar-refractivity contribution in [2.24, 2.45) is 5.92 Å². The molecule has 3 nitrogen and oxygen atoms in total. The lowest BCUT2D eigenvalue weighted by atomic mass is 10.1. The maximum atomic E-state index is 12.1. The van der Waals surface area contributed by atoms with E-state index in [1.807, 2.05) is 19.0 Å². The molecule has 94 valence electrons. The lowest BCUT2D eigenvalue weighted by molar-refractivity contribution is -0.157. The van der Waals surface area contributed by atoms with Crippen molar-refractivity contribution in [3.63, 3.8) is 0 Å². The second-order valence-electron chi connectivity index (χ2n) is 3.94. The van der Waals surface area contributed by atoms with Gasteiger partial charge in [0.25, 0.3) is 0 Å². The molecule has 0 rings (SSSR count). The number of rotatable bonds is 7. The van der Waals surface area contributed by atoms with E-state index in [1.54, 1.807) is 0 Å². The van der Waals surface area contributed by atoms with Gasteiger partial charge in [-0.05, 0) is 40.0 Å². The van der Waals surface area contributed by atoms with Crippen LogP contribution in [0.4, 0.5) is 13.2 Å². The normalized spacial score (nSPS) is 13.8. The molecule has 16 heavy (non-hydrogen) atoms.